The topological polar surface area (TPSA) is 51.2 Å². The van der Waals surface area contributed by atoms with E-state index in [1.54, 1.807) is 6.07 Å². The van der Waals surface area contributed by atoms with E-state index < -0.39 is 44.1 Å². The Labute approximate surface area is 179 Å². The van der Waals surface area contributed by atoms with Crippen LogP contribution in [0.15, 0.2) is 66.9 Å². The van der Waals surface area contributed by atoms with Crippen LogP contribution in [0.1, 0.15) is 13.8 Å². The molecule has 0 saturated carbocycles. The van der Waals surface area contributed by atoms with Crippen LogP contribution in [0.2, 0.25) is 4.82 Å². The predicted molar refractivity (Wildman–Crippen MR) is 112 cm³/mol. The Bertz CT molecular complexity index is 1010. The third-order valence-electron chi connectivity index (χ3n) is 4.33. The molecule has 0 aliphatic rings. The normalized spacial score (nSPS) is 13.2. The number of carbonyl (C=O) groups is 1. The summed E-state index contributed by atoms with van der Waals surface area (Å²) in [6.07, 6.45) is -2.93. The van der Waals surface area contributed by atoms with E-state index in [2.05, 4.69) is 10.3 Å². The van der Waals surface area contributed by atoms with Crippen LogP contribution in [0.3, 0.4) is 0 Å². The van der Waals surface area contributed by atoms with Crippen LogP contribution >= 0.6 is 0 Å². The molecule has 8 heteroatoms. The Balaban J connectivity index is 1.84. The fourth-order valence-corrected chi connectivity index (χ4v) is 5.15. The monoisotopic (exact) mass is 482 g/mol. The van der Waals surface area contributed by atoms with Crippen LogP contribution in [-0.4, -0.2) is 44.2 Å². The molecule has 158 valence electrons. The minimum atomic E-state index is -4.47. The second-order valence-electron chi connectivity index (χ2n) is 7.22. The van der Waals surface area contributed by atoms with Crippen LogP contribution in [-0.2, 0) is 9.53 Å². The average molecular weight is 481 g/mol. The second kappa shape index (κ2) is 9.16. The molecule has 1 N–H and O–H groups in total. The molecule has 30 heavy (non-hydrogen) atoms. The van der Waals surface area contributed by atoms with E-state index in [-0.39, 0.29) is 0 Å². The maximum atomic E-state index is 13.1. The van der Waals surface area contributed by atoms with Gasteiger partial charge in [-0.15, -0.1) is 0 Å². The van der Waals surface area contributed by atoms with Crippen LogP contribution in [0, 0.1) is 0 Å². The van der Waals surface area contributed by atoms with Gasteiger partial charge in [0.15, 0.2) is 0 Å². The van der Waals surface area contributed by atoms with Gasteiger partial charge in [-0.05, 0) is 0 Å². The number of amides is 1. The van der Waals surface area contributed by atoms with E-state index in [9.17, 15) is 18.0 Å². The number of alkyl halides is 3. The van der Waals surface area contributed by atoms with Crippen molar-refractivity contribution in [3.8, 4) is 0 Å². The zero-order valence-electron chi connectivity index (χ0n) is 16.4. The summed E-state index contributed by atoms with van der Waals surface area (Å²) in [5, 5.41) is 3.67. The van der Waals surface area contributed by atoms with E-state index in [0.29, 0.717) is 5.69 Å². The maximum absolute atomic E-state index is 13.1. The Hall–Kier alpha value is -2.41. The van der Waals surface area contributed by atoms with Gasteiger partial charge in [-0.1, -0.05) is 0 Å². The number of para-hydroxylation sites is 1. The first-order valence-electron chi connectivity index (χ1n) is 9.22. The third-order valence-corrected chi connectivity index (χ3v) is 7.61. The molecule has 2 aromatic carbocycles. The number of nitrogens with one attached hydrogen (secondary N) is 1. The molecule has 0 aliphatic heterocycles. The van der Waals surface area contributed by atoms with Crippen LogP contribution < -0.4 is 9.78 Å². The standard InChI is InChI=1S/C22H21F3N2O2Se/c1-21(2,29-14-22(23,24)25)19(30-17-9-4-3-5-10-17)20(28)27-16-12-15-8-6-7-11-18(15)26-13-16/h3-13,19H,14H2,1-2H3,(H,27,28). The number of hydrogen-bond donors (Lipinski definition) is 1. The first-order chi connectivity index (χ1) is 14.1. The van der Waals surface area contributed by atoms with E-state index in [1.807, 2.05) is 54.6 Å². The molecule has 4 nitrogen and oxygen atoms in total. The summed E-state index contributed by atoms with van der Waals surface area (Å²) in [5.41, 5.74) is -0.0479. The number of pyridine rings is 1. The number of rotatable bonds is 7. The van der Waals surface area contributed by atoms with Gasteiger partial charge in [0.25, 0.3) is 0 Å². The molecular formula is C22H21F3N2O2Se. The van der Waals surface area contributed by atoms with Crippen molar-refractivity contribution in [1.82, 2.24) is 4.98 Å². The van der Waals surface area contributed by atoms with Gasteiger partial charge < -0.3 is 0 Å². The van der Waals surface area contributed by atoms with Crippen molar-refractivity contribution < 1.29 is 22.7 Å². The van der Waals surface area contributed by atoms with Crippen LogP contribution in [0.5, 0.6) is 0 Å². The zero-order chi connectivity index (χ0) is 21.8. The van der Waals surface area contributed by atoms with Gasteiger partial charge in [-0.25, -0.2) is 0 Å². The Kier molecular flexibility index (Phi) is 6.81. The van der Waals surface area contributed by atoms with Crippen LogP contribution in [0.4, 0.5) is 18.9 Å². The van der Waals surface area contributed by atoms with Crippen molar-refractivity contribution in [3.63, 3.8) is 0 Å². The molecule has 1 aromatic heterocycles. The molecule has 3 aromatic rings. The molecule has 1 atom stereocenters. The first kappa shape index (κ1) is 22.3. The minimum absolute atomic E-state index is 0.400. The van der Waals surface area contributed by atoms with Gasteiger partial charge in [-0.2, -0.15) is 0 Å². The van der Waals surface area contributed by atoms with Crippen molar-refractivity contribution in [2.75, 3.05) is 11.9 Å². The number of hydrogen-bond acceptors (Lipinski definition) is 3. The van der Waals surface area contributed by atoms with Crippen molar-refractivity contribution in [1.29, 1.82) is 0 Å². The molecule has 0 fully saturated rings. The molecule has 1 unspecified atom stereocenters. The van der Waals surface area contributed by atoms with Crippen molar-refractivity contribution >= 4 is 41.9 Å². The van der Waals surface area contributed by atoms with Crippen LogP contribution in [0.25, 0.3) is 10.9 Å². The second-order valence-corrected chi connectivity index (χ2v) is 9.70. The van der Waals surface area contributed by atoms with Crippen molar-refractivity contribution in [2.45, 2.75) is 30.4 Å². The summed E-state index contributed by atoms with van der Waals surface area (Å²) >= 11 is -0.454. The number of benzene rings is 2. The molecule has 3 rings (SSSR count). The zero-order valence-corrected chi connectivity index (χ0v) is 18.2. The summed E-state index contributed by atoms with van der Waals surface area (Å²) in [6, 6.07) is 18.5. The van der Waals surface area contributed by atoms with E-state index >= 15 is 0 Å². The van der Waals surface area contributed by atoms with Gasteiger partial charge in [0.1, 0.15) is 0 Å². The predicted octanol–water partition coefficient (Wildman–Crippen LogP) is 4.35. The fourth-order valence-electron chi connectivity index (χ4n) is 2.84. The van der Waals surface area contributed by atoms with E-state index in [0.717, 1.165) is 15.4 Å². The number of anilines is 1. The molecule has 0 radical (unpaired) electrons. The molecule has 0 aliphatic carbocycles. The first-order valence-corrected chi connectivity index (χ1v) is 11.1. The van der Waals surface area contributed by atoms with Gasteiger partial charge >= 0.3 is 179 Å². The number of aromatic nitrogens is 1. The third kappa shape index (κ3) is 6.05. The molecule has 1 heterocycles. The quantitative estimate of drug-likeness (QED) is 0.511. The average Bonchev–Trinajstić information content (AvgIpc) is 2.70. The van der Waals surface area contributed by atoms with Gasteiger partial charge in [-0.3, -0.25) is 0 Å². The Morgan fingerprint density at radius 1 is 1.10 bits per heavy atom. The van der Waals surface area contributed by atoms with E-state index in [4.69, 9.17) is 4.74 Å². The van der Waals surface area contributed by atoms with Gasteiger partial charge in [0, 0.05) is 0 Å². The molecule has 0 bridgehead atoms. The van der Waals surface area contributed by atoms with Crippen molar-refractivity contribution in [2.24, 2.45) is 0 Å². The molecule has 0 spiro atoms. The molecule has 1 amide bonds. The Morgan fingerprint density at radius 2 is 1.77 bits per heavy atom. The summed E-state index contributed by atoms with van der Waals surface area (Å²) < 4.78 is 44.3. The van der Waals surface area contributed by atoms with E-state index in [1.165, 1.54) is 20.0 Å². The van der Waals surface area contributed by atoms with Crippen molar-refractivity contribution in [3.05, 3.63) is 66.9 Å². The number of halogens is 3. The summed E-state index contributed by atoms with van der Waals surface area (Å²) in [6.45, 7) is 1.63. The van der Waals surface area contributed by atoms with Gasteiger partial charge in [0.05, 0.1) is 0 Å². The summed E-state index contributed by atoms with van der Waals surface area (Å²) in [7, 11) is 0. The summed E-state index contributed by atoms with van der Waals surface area (Å²) in [4.78, 5) is 16.7. The number of carbonyl (C=O) groups excluding carboxylic acids is 1. The summed E-state index contributed by atoms with van der Waals surface area (Å²) in [5.74, 6) is -0.400. The fraction of sp³-hybridized carbons (Fsp3) is 0.273. The number of ether oxygens (including phenoxy) is 1. The van der Waals surface area contributed by atoms with Gasteiger partial charge in [0.2, 0.25) is 0 Å². The number of fused-ring (bicyclic) bond motifs is 1. The number of nitrogens with zero attached hydrogens (tertiary/aromatic N) is 1. The molecule has 0 saturated heterocycles. The molecular weight excluding hydrogens is 460 g/mol. The Morgan fingerprint density at radius 3 is 2.47 bits per heavy atom. The SMILES string of the molecule is CC(C)(OCC(F)(F)F)C([Se]c1ccccc1)C(=O)Nc1cnc2ccccc2c1.